The number of aryl methyl sites for hydroxylation is 1. The molecule has 0 unspecified atom stereocenters. The van der Waals surface area contributed by atoms with Gasteiger partial charge in [-0.3, -0.25) is 0 Å². The molecule has 168 valence electrons. The normalized spacial score (nSPS) is 14.1. The lowest BCUT2D eigenvalue weighted by atomic mass is 9.99. The molecule has 0 radical (unpaired) electrons. The number of nitrogens with one attached hydrogen (secondary N) is 1. The molecule has 8 nitrogen and oxygen atoms in total. The van der Waals surface area contributed by atoms with Gasteiger partial charge in [0, 0.05) is 24.8 Å². The third kappa shape index (κ3) is 4.58. The number of hydrogen-bond donors (Lipinski definition) is 1. The molecule has 4 rings (SSSR count). The number of sulfonamides is 1. The van der Waals surface area contributed by atoms with E-state index in [1.54, 1.807) is 17.5 Å². The topological polar surface area (TPSA) is 97.3 Å². The smallest absolute Gasteiger partial charge is 0.233 e. The lowest BCUT2D eigenvalue weighted by Gasteiger charge is -2.29. The zero-order chi connectivity index (χ0) is 22.7. The molecule has 1 aromatic carbocycles. The van der Waals surface area contributed by atoms with E-state index in [1.165, 1.54) is 0 Å². The van der Waals surface area contributed by atoms with Crippen molar-refractivity contribution in [2.45, 2.75) is 33.2 Å². The molecule has 2 aromatic heterocycles. The van der Waals surface area contributed by atoms with Gasteiger partial charge in [-0.05, 0) is 54.7 Å². The minimum atomic E-state index is -3.22. The molecule has 3 heterocycles. The molecule has 0 aliphatic carbocycles. The zero-order valence-electron chi connectivity index (χ0n) is 18.5. The highest BCUT2D eigenvalue weighted by atomic mass is 32.2. The first-order valence-corrected chi connectivity index (χ1v) is 12.2. The quantitative estimate of drug-likeness (QED) is 0.582. The van der Waals surface area contributed by atoms with Gasteiger partial charge in [-0.2, -0.15) is 4.31 Å². The Morgan fingerprint density at radius 3 is 2.69 bits per heavy atom. The van der Waals surface area contributed by atoms with Crippen molar-refractivity contribution in [3.05, 3.63) is 59.2 Å². The van der Waals surface area contributed by atoms with E-state index in [2.05, 4.69) is 15.5 Å². The number of methoxy groups -OCH3 is 1. The van der Waals surface area contributed by atoms with Crippen molar-refractivity contribution in [3.8, 4) is 17.3 Å². The van der Waals surface area contributed by atoms with Crippen LogP contribution in [0, 0.1) is 6.92 Å². The fraction of sp³-hybridized carbons (Fsp3) is 0.348. The summed E-state index contributed by atoms with van der Waals surface area (Å²) in [5, 5.41) is 11.7. The number of aromatic nitrogens is 3. The molecule has 1 N–H and O–H groups in total. The van der Waals surface area contributed by atoms with Crippen LogP contribution in [0.15, 0.2) is 42.5 Å². The minimum Gasteiger partial charge on any atom is -0.480 e. The second-order valence-electron chi connectivity index (χ2n) is 7.79. The Balaban J connectivity index is 1.59. The van der Waals surface area contributed by atoms with Crippen LogP contribution in [0.25, 0.3) is 11.4 Å². The van der Waals surface area contributed by atoms with Gasteiger partial charge in [-0.15, -0.1) is 10.2 Å². The standard InChI is InChI=1S/C23H27N5O3S/c1-4-14-32(29,30)28-13-12-18-17(15-28)6-5-7-19(18)24-21-10-8-16(2)23(25-21)20-9-11-22(31-3)27-26-20/h5-11H,4,12-15H2,1-3H3,(H,24,25). The Bertz CT molecular complexity index is 1210. The Kier molecular flexibility index (Phi) is 6.38. The van der Waals surface area contributed by atoms with Crippen molar-refractivity contribution in [1.29, 1.82) is 0 Å². The van der Waals surface area contributed by atoms with Crippen LogP contribution in [0.3, 0.4) is 0 Å². The molecule has 1 aliphatic rings. The maximum absolute atomic E-state index is 12.5. The van der Waals surface area contributed by atoms with Gasteiger partial charge in [0.15, 0.2) is 0 Å². The second kappa shape index (κ2) is 9.22. The van der Waals surface area contributed by atoms with Crippen molar-refractivity contribution in [1.82, 2.24) is 19.5 Å². The van der Waals surface area contributed by atoms with Crippen molar-refractivity contribution < 1.29 is 13.2 Å². The highest BCUT2D eigenvalue weighted by Crippen LogP contribution is 2.30. The summed E-state index contributed by atoms with van der Waals surface area (Å²) in [5.74, 6) is 1.33. The second-order valence-corrected chi connectivity index (χ2v) is 9.88. The highest BCUT2D eigenvalue weighted by molar-refractivity contribution is 7.89. The molecule has 0 fully saturated rings. The van der Waals surface area contributed by atoms with E-state index in [0.717, 1.165) is 28.1 Å². The number of ether oxygens (including phenoxy) is 1. The first-order chi connectivity index (χ1) is 15.4. The van der Waals surface area contributed by atoms with Crippen molar-refractivity contribution in [3.63, 3.8) is 0 Å². The first kappa shape index (κ1) is 22.2. The lowest BCUT2D eigenvalue weighted by molar-refractivity contribution is 0.391. The fourth-order valence-electron chi connectivity index (χ4n) is 3.88. The third-order valence-corrected chi connectivity index (χ3v) is 7.56. The van der Waals surface area contributed by atoms with Crippen LogP contribution in [0.1, 0.15) is 30.0 Å². The van der Waals surface area contributed by atoms with E-state index >= 15 is 0 Å². The number of benzene rings is 1. The Hall–Kier alpha value is -3.04. The summed E-state index contributed by atoms with van der Waals surface area (Å²) >= 11 is 0. The Morgan fingerprint density at radius 1 is 1.12 bits per heavy atom. The average Bonchev–Trinajstić information content (AvgIpc) is 2.80. The third-order valence-electron chi connectivity index (χ3n) is 5.54. The number of pyridine rings is 1. The maximum atomic E-state index is 12.5. The van der Waals surface area contributed by atoms with Gasteiger partial charge in [0.25, 0.3) is 0 Å². The summed E-state index contributed by atoms with van der Waals surface area (Å²) in [4.78, 5) is 4.76. The van der Waals surface area contributed by atoms with Crippen molar-refractivity contribution in [2.24, 2.45) is 0 Å². The predicted octanol–water partition coefficient (Wildman–Crippen LogP) is 3.70. The molecule has 0 spiro atoms. The average molecular weight is 454 g/mol. The van der Waals surface area contributed by atoms with Crippen LogP contribution in [-0.4, -0.2) is 47.3 Å². The number of fused-ring (bicyclic) bond motifs is 1. The van der Waals surface area contributed by atoms with Crippen LogP contribution in [0.2, 0.25) is 0 Å². The lowest BCUT2D eigenvalue weighted by Crippen LogP contribution is -2.37. The van der Waals surface area contributed by atoms with E-state index in [4.69, 9.17) is 9.72 Å². The van der Waals surface area contributed by atoms with Crippen LogP contribution < -0.4 is 10.1 Å². The molecule has 0 bridgehead atoms. The van der Waals surface area contributed by atoms with Gasteiger partial charge >= 0.3 is 0 Å². The fourth-order valence-corrected chi connectivity index (χ4v) is 5.36. The molecule has 0 amide bonds. The summed E-state index contributed by atoms with van der Waals surface area (Å²) in [7, 11) is -1.66. The largest absolute Gasteiger partial charge is 0.480 e. The highest BCUT2D eigenvalue weighted by Gasteiger charge is 2.27. The van der Waals surface area contributed by atoms with E-state index in [-0.39, 0.29) is 5.75 Å². The van der Waals surface area contributed by atoms with Crippen LogP contribution >= 0.6 is 0 Å². The molecule has 0 saturated carbocycles. The summed E-state index contributed by atoms with van der Waals surface area (Å²) in [6.45, 7) is 4.76. The molecule has 0 saturated heterocycles. The van der Waals surface area contributed by atoms with Gasteiger partial charge < -0.3 is 10.1 Å². The van der Waals surface area contributed by atoms with E-state index in [1.807, 2.05) is 50.2 Å². The molecule has 1 aliphatic heterocycles. The first-order valence-electron chi connectivity index (χ1n) is 10.6. The number of nitrogens with zero attached hydrogens (tertiary/aromatic N) is 4. The van der Waals surface area contributed by atoms with Gasteiger partial charge in [-0.1, -0.05) is 25.1 Å². The number of anilines is 2. The van der Waals surface area contributed by atoms with Gasteiger partial charge in [-0.25, -0.2) is 13.4 Å². The van der Waals surface area contributed by atoms with Crippen molar-refractivity contribution in [2.75, 3.05) is 24.7 Å². The molecule has 9 heteroatoms. The van der Waals surface area contributed by atoms with Gasteiger partial charge in [0.1, 0.15) is 11.5 Å². The van der Waals surface area contributed by atoms with Crippen molar-refractivity contribution >= 4 is 21.5 Å². The zero-order valence-corrected chi connectivity index (χ0v) is 19.3. The number of rotatable bonds is 7. The maximum Gasteiger partial charge on any atom is 0.233 e. The minimum absolute atomic E-state index is 0.185. The van der Waals surface area contributed by atoms with Gasteiger partial charge in [0.2, 0.25) is 15.9 Å². The number of hydrogen-bond acceptors (Lipinski definition) is 7. The van der Waals surface area contributed by atoms with Crippen LogP contribution in [0.4, 0.5) is 11.5 Å². The summed E-state index contributed by atoms with van der Waals surface area (Å²) < 4.78 is 31.7. The summed E-state index contributed by atoms with van der Waals surface area (Å²) in [6.07, 6.45) is 1.28. The molecule has 32 heavy (non-hydrogen) atoms. The molecule has 0 atom stereocenters. The summed E-state index contributed by atoms with van der Waals surface area (Å²) in [5.41, 5.74) is 5.49. The van der Waals surface area contributed by atoms with Crippen LogP contribution in [0.5, 0.6) is 5.88 Å². The predicted molar refractivity (Wildman–Crippen MR) is 124 cm³/mol. The van der Waals surface area contributed by atoms with Gasteiger partial charge in [0.05, 0.1) is 18.6 Å². The molecular formula is C23H27N5O3S. The molecular weight excluding hydrogens is 426 g/mol. The van der Waals surface area contributed by atoms with E-state index < -0.39 is 10.0 Å². The van der Waals surface area contributed by atoms with E-state index in [0.29, 0.717) is 43.3 Å². The Morgan fingerprint density at radius 2 is 1.97 bits per heavy atom. The van der Waals surface area contributed by atoms with Crippen LogP contribution in [-0.2, 0) is 23.0 Å². The van der Waals surface area contributed by atoms with E-state index in [9.17, 15) is 8.42 Å². The summed E-state index contributed by atoms with van der Waals surface area (Å²) in [6, 6.07) is 13.5. The monoisotopic (exact) mass is 453 g/mol. The SMILES string of the molecule is CCCS(=O)(=O)N1CCc2c(cccc2Nc2ccc(C)c(-c3ccc(OC)nn3)n2)C1. The molecule has 3 aromatic rings. The Labute approximate surface area is 188 Å².